The molecular weight excluding hydrogens is 166 g/mol. The van der Waals surface area contributed by atoms with Crippen LogP contribution < -0.4 is 5.69 Å². The van der Waals surface area contributed by atoms with Crippen LogP contribution >= 0.6 is 0 Å². The van der Waals surface area contributed by atoms with Crippen LogP contribution in [0.1, 0.15) is 13.8 Å². The van der Waals surface area contributed by atoms with E-state index in [1.807, 2.05) is 0 Å². The van der Waals surface area contributed by atoms with Gasteiger partial charge in [0.15, 0.2) is 0 Å². The van der Waals surface area contributed by atoms with Gasteiger partial charge in [-0.15, -0.1) is 0 Å². The monoisotopic (exact) mass is 183 g/mol. The molecule has 1 aromatic heterocycles. The molecule has 0 saturated carbocycles. The lowest BCUT2D eigenvalue weighted by Crippen LogP contribution is -2.29. The van der Waals surface area contributed by atoms with Crippen LogP contribution in [0.15, 0.2) is 17.2 Å². The molecule has 0 aromatic carbocycles. The predicted octanol–water partition coefficient (Wildman–Crippen LogP) is 0.518. The first-order valence-corrected chi connectivity index (χ1v) is 4.74. The number of nitrogens with zero attached hydrogens (tertiary/aromatic N) is 2. The zero-order valence-electron chi connectivity index (χ0n) is 8.29. The van der Waals surface area contributed by atoms with Crippen molar-refractivity contribution in [2.75, 3.05) is 19.6 Å². The molecular formula is C9H17N3O. The first-order valence-electron chi connectivity index (χ1n) is 4.74. The standard InChI is InChI=1S/C9H17N3O/c1-3-11(4-2)7-8-12-6-5-10-9(12)13/h5-6H,3-4,7-8H2,1-2H3,(H,10,13). The Bertz CT molecular complexity index is 285. The van der Waals surface area contributed by atoms with Gasteiger partial charge in [0.1, 0.15) is 0 Å². The van der Waals surface area contributed by atoms with E-state index in [0.717, 1.165) is 26.2 Å². The number of hydrogen-bond donors (Lipinski definition) is 1. The molecule has 0 aliphatic rings. The molecule has 13 heavy (non-hydrogen) atoms. The van der Waals surface area contributed by atoms with Crippen molar-refractivity contribution in [1.29, 1.82) is 0 Å². The van der Waals surface area contributed by atoms with Crippen molar-refractivity contribution in [1.82, 2.24) is 14.5 Å². The fraction of sp³-hybridized carbons (Fsp3) is 0.667. The zero-order valence-corrected chi connectivity index (χ0v) is 8.29. The maximum absolute atomic E-state index is 11.1. The molecule has 4 nitrogen and oxygen atoms in total. The summed E-state index contributed by atoms with van der Waals surface area (Å²) >= 11 is 0. The summed E-state index contributed by atoms with van der Waals surface area (Å²) in [5.74, 6) is 0. The van der Waals surface area contributed by atoms with E-state index >= 15 is 0 Å². The Labute approximate surface area is 78.2 Å². The highest BCUT2D eigenvalue weighted by Gasteiger charge is 2.00. The van der Waals surface area contributed by atoms with Crippen LogP contribution in [0.5, 0.6) is 0 Å². The largest absolute Gasteiger partial charge is 0.325 e. The molecule has 74 valence electrons. The van der Waals surface area contributed by atoms with Crippen LogP contribution in [0.4, 0.5) is 0 Å². The quantitative estimate of drug-likeness (QED) is 0.723. The van der Waals surface area contributed by atoms with Gasteiger partial charge in [-0.3, -0.25) is 4.57 Å². The Morgan fingerprint density at radius 3 is 2.62 bits per heavy atom. The van der Waals surface area contributed by atoms with Crippen LogP contribution in [-0.4, -0.2) is 34.1 Å². The Hall–Kier alpha value is -1.03. The van der Waals surface area contributed by atoms with E-state index in [2.05, 4.69) is 23.7 Å². The van der Waals surface area contributed by atoms with E-state index < -0.39 is 0 Å². The summed E-state index contributed by atoms with van der Waals surface area (Å²) in [6, 6.07) is 0. The number of nitrogens with one attached hydrogen (secondary N) is 1. The molecule has 1 N–H and O–H groups in total. The Morgan fingerprint density at radius 2 is 2.15 bits per heavy atom. The van der Waals surface area contributed by atoms with Gasteiger partial charge in [-0.25, -0.2) is 4.79 Å². The SMILES string of the molecule is CCN(CC)CCn1cc[nH]c1=O. The number of rotatable bonds is 5. The average Bonchev–Trinajstić information content (AvgIpc) is 2.54. The number of imidazole rings is 1. The first-order chi connectivity index (χ1) is 6.27. The Balaban J connectivity index is 2.43. The lowest BCUT2D eigenvalue weighted by Gasteiger charge is -2.17. The molecule has 0 fully saturated rings. The molecule has 0 radical (unpaired) electrons. The van der Waals surface area contributed by atoms with E-state index in [9.17, 15) is 4.79 Å². The fourth-order valence-electron chi connectivity index (χ4n) is 1.31. The third-order valence-electron chi connectivity index (χ3n) is 2.27. The third-order valence-corrected chi connectivity index (χ3v) is 2.27. The van der Waals surface area contributed by atoms with Crippen molar-refractivity contribution in [2.24, 2.45) is 0 Å². The van der Waals surface area contributed by atoms with Gasteiger partial charge in [0.25, 0.3) is 0 Å². The summed E-state index contributed by atoms with van der Waals surface area (Å²) in [6.07, 6.45) is 3.45. The molecule has 1 rings (SSSR count). The summed E-state index contributed by atoms with van der Waals surface area (Å²) < 4.78 is 1.69. The van der Waals surface area contributed by atoms with Gasteiger partial charge in [-0.2, -0.15) is 0 Å². The zero-order chi connectivity index (χ0) is 9.68. The molecule has 0 amide bonds. The number of H-pyrrole nitrogens is 1. The van der Waals surface area contributed by atoms with Gasteiger partial charge in [0.05, 0.1) is 0 Å². The minimum atomic E-state index is -0.0212. The van der Waals surface area contributed by atoms with Crippen LogP contribution in [0.2, 0.25) is 0 Å². The number of hydrogen-bond acceptors (Lipinski definition) is 2. The van der Waals surface area contributed by atoms with E-state index in [1.54, 1.807) is 17.0 Å². The van der Waals surface area contributed by atoms with Crippen molar-refractivity contribution in [2.45, 2.75) is 20.4 Å². The fourth-order valence-corrected chi connectivity index (χ4v) is 1.31. The van der Waals surface area contributed by atoms with Crippen molar-refractivity contribution in [3.63, 3.8) is 0 Å². The van der Waals surface area contributed by atoms with Crippen LogP contribution in [0, 0.1) is 0 Å². The van der Waals surface area contributed by atoms with Gasteiger partial charge in [-0.1, -0.05) is 13.8 Å². The van der Waals surface area contributed by atoms with Crippen LogP contribution in [-0.2, 0) is 6.54 Å². The Kier molecular flexibility index (Phi) is 3.76. The van der Waals surface area contributed by atoms with Crippen molar-refractivity contribution < 1.29 is 0 Å². The van der Waals surface area contributed by atoms with E-state index in [-0.39, 0.29) is 5.69 Å². The molecule has 0 spiro atoms. The molecule has 1 aromatic rings. The summed E-state index contributed by atoms with van der Waals surface area (Å²) in [6.45, 7) is 8.03. The maximum Gasteiger partial charge on any atom is 0.325 e. The Morgan fingerprint density at radius 1 is 1.46 bits per heavy atom. The second-order valence-corrected chi connectivity index (χ2v) is 2.99. The minimum absolute atomic E-state index is 0.0212. The van der Waals surface area contributed by atoms with Gasteiger partial charge in [-0.05, 0) is 13.1 Å². The molecule has 1 heterocycles. The second kappa shape index (κ2) is 4.87. The summed E-state index contributed by atoms with van der Waals surface area (Å²) in [7, 11) is 0. The normalized spacial score (nSPS) is 11.0. The third kappa shape index (κ3) is 2.73. The smallest absolute Gasteiger partial charge is 0.313 e. The van der Waals surface area contributed by atoms with Crippen molar-refractivity contribution >= 4 is 0 Å². The number of likely N-dealkylation sites (N-methyl/N-ethyl adjacent to an activating group) is 1. The molecule has 0 atom stereocenters. The predicted molar refractivity (Wildman–Crippen MR) is 52.8 cm³/mol. The molecule has 0 aliphatic heterocycles. The van der Waals surface area contributed by atoms with Gasteiger partial charge in [0, 0.05) is 25.5 Å². The van der Waals surface area contributed by atoms with Crippen LogP contribution in [0.25, 0.3) is 0 Å². The summed E-state index contributed by atoms with van der Waals surface area (Å²) in [5, 5.41) is 0. The molecule has 0 bridgehead atoms. The van der Waals surface area contributed by atoms with E-state index in [1.165, 1.54) is 0 Å². The number of aromatic amines is 1. The van der Waals surface area contributed by atoms with Gasteiger partial charge < -0.3 is 9.88 Å². The average molecular weight is 183 g/mol. The highest BCUT2D eigenvalue weighted by Crippen LogP contribution is 1.88. The highest BCUT2D eigenvalue weighted by atomic mass is 16.1. The lowest BCUT2D eigenvalue weighted by molar-refractivity contribution is 0.289. The molecule has 0 saturated heterocycles. The van der Waals surface area contributed by atoms with Crippen molar-refractivity contribution in [3.05, 3.63) is 22.9 Å². The maximum atomic E-state index is 11.1. The topological polar surface area (TPSA) is 41.0 Å². The second-order valence-electron chi connectivity index (χ2n) is 2.99. The summed E-state index contributed by atoms with van der Waals surface area (Å²) in [5.41, 5.74) is -0.0212. The summed E-state index contributed by atoms with van der Waals surface area (Å²) in [4.78, 5) is 16.0. The highest BCUT2D eigenvalue weighted by molar-refractivity contribution is 4.75. The van der Waals surface area contributed by atoms with Gasteiger partial charge >= 0.3 is 5.69 Å². The number of aromatic nitrogens is 2. The van der Waals surface area contributed by atoms with E-state index in [4.69, 9.17) is 0 Å². The van der Waals surface area contributed by atoms with Crippen LogP contribution in [0.3, 0.4) is 0 Å². The van der Waals surface area contributed by atoms with Crippen molar-refractivity contribution in [3.8, 4) is 0 Å². The minimum Gasteiger partial charge on any atom is -0.313 e. The molecule has 0 aliphatic carbocycles. The van der Waals surface area contributed by atoms with Gasteiger partial charge in [0.2, 0.25) is 0 Å². The molecule has 4 heteroatoms. The first kappa shape index (κ1) is 10.1. The van der Waals surface area contributed by atoms with E-state index in [0.29, 0.717) is 0 Å². The lowest BCUT2D eigenvalue weighted by atomic mass is 10.4. The molecule has 0 unspecified atom stereocenters.